The van der Waals surface area contributed by atoms with Gasteiger partial charge < -0.3 is 9.53 Å². The Morgan fingerprint density at radius 3 is 2.11 bits per heavy atom. The second-order valence-corrected chi connectivity index (χ2v) is 11.4. The zero-order valence-electron chi connectivity index (χ0n) is 11.7. The van der Waals surface area contributed by atoms with Gasteiger partial charge in [0, 0.05) is 0 Å². The molecule has 1 aromatic rings. The van der Waals surface area contributed by atoms with Crippen molar-refractivity contribution in [1.29, 1.82) is 0 Å². The second kappa shape index (κ2) is 5.35. The summed E-state index contributed by atoms with van der Waals surface area (Å²) < 4.78 is 6.01. The van der Waals surface area contributed by atoms with Crippen LogP contribution in [0.2, 0.25) is 28.2 Å². The van der Waals surface area contributed by atoms with Crippen LogP contribution in [0.25, 0.3) is 0 Å². The maximum absolute atomic E-state index is 11.3. The number of carboxylic acid groups (broad SMARTS) is 1. The first-order valence-corrected chi connectivity index (χ1v) is 9.54. The molecule has 0 aliphatic carbocycles. The highest BCUT2D eigenvalue weighted by atomic mass is 35.5. The number of aromatic carboxylic acids is 1. The van der Waals surface area contributed by atoms with E-state index in [1.54, 1.807) is 6.07 Å². The molecule has 0 aromatic heterocycles. The Labute approximate surface area is 124 Å². The van der Waals surface area contributed by atoms with Gasteiger partial charge in [-0.05, 0) is 30.3 Å². The summed E-state index contributed by atoms with van der Waals surface area (Å²) in [5.74, 6) is -0.963. The second-order valence-electron chi connectivity index (χ2n) is 5.90. The summed E-state index contributed by atoms with van der Waals surface area (Å²) >= 11 is 12.0. The van der Waals surface area contributed by atoms with Gasteiger partial charge in [-0.2, -0.15) is 0 Å². The quantitative estimate of drug-likeness (QED) is 0.790. The lowest BCUT2D eigenvalue weighted by Crippen LogP contribution is -2.44. The minimum Gasteiger partial charge on any atom is -0.542 e. The van der Waals surface area contributed by atoms with Crippen molar-refractivity contribution in [3.05, 3.63) is 27.7 Å². The summed E-state index contributed by atoms with van der Waals surface area (Å²) in [6.45, 7) is 10.3. The van der Waals surface area contributed by atoms with Crippen molar-refractivity contribution in [3.8, 4) is 5.75 Å². The zero-order chi connectivity index (χ0) is 15.0. The molecular weight excluding hydrogens is 303 g/mol. The first-order chi connectivity index (χ1) is 8.47. The molecule has 0 unspecified atom stereocenters. The molecule has 0 atom stereocenters. The molecule has 0 heterocycles. The largest absolute Gasteiger partial charge is 0.542 e. The molecule has 0 aliphatic heterocycles. The topological polar surface area (TPSA) is 46.5 Å². The molecule has 106 valence electrons. The van der Waals surface area contributed by atoms with Gasteiger partial charge in [0.15, 0.2) is 0 Å². The summed E-state index contributed by atoms with van der Waals surface area (Å²) in [7, 11) is -2.18. The number of hydrogen-bond donors (Lipinski definition) is 1. The van der Waals surface area contributed by atoms with E-state index in [4.69, 9.17) is 27.6 Å². The van der Waals surface area contributed by atoms with Gasteiger partial charge >= 0.3 is 5.97 Å². The van der Waals surface area contributed by atoms with Crippen molar-refractivity contribution in [3.63, 3.8) is 0 Å². The van der Waals surface area contributed by atoms with Gasteiger partial charge in [-0.3, -0.25) is 0 Å². The third-order valence-corrected chi connectivity index (χ3v) is 8.38. The molecule has 6 heteroatoms. The SMILES string of the molecule is CC(C)(C)[Si](C)(C)Oc1c(Cl)ccc(Cl)c1C(=O)O. The van der Waals surface area contributed by atoms with Crippen LogP contribution in [0.3, 0.4) is 0 Å². The average molecular weight is 321 g/mol. The van der Waals surface area contributed by atoms with Crippen LogP contribution in [0.5, 0.6) is 5.75 Å². The molecule has 0 fully saturated rings. The van der Waals surface area contributed by atoms with Crippen molar-refractivity contribution in [2.75, 3.05) is 0 Å². The van der Waals surface area contributed by atoms with E-state index in [0.717, 1.165) is 0 Å². The lowest BCUT2D eigenvalue weighted by Gasteiger charge is -2.37. The Hall–Kier alpha value is -0.713. The molecule has 0 amide bonds. The number of halogens is 2. The number of rotatable bonds is 3. The molecule has 1 aromatic carbocycles. The molecular formula is C13H18Cl2O3Si. The highest BCUT2D eigenvalue weighted by Gasteiger charge is 2.40. The van der Waals surface area contributed by atoms with Crippen molar-refractivity contribution in [2.24, 2.45) is 0 Å². The number of benzene rings is 1. The maximum atomic E-state index is 11.3. The predicted octanol–water partition coefficient (Wildman–Crippen LogP) is 5.08. The monoisotopic (exact) mass is 320 g/mol. The summed E-state index contributed by atoms with van der Waals surface area (Å²) in [6.07, 6.45) is 0. The summed E-state index contributed by atoms with van der Waals surface area (Å²) in [5.41, 5.74) is -0.0704. The van der Waals surface area contributed by atoms with Crippen LogP contribution in [0.15, 0.2) is 12.1 Å². The van der Waals surface area contributed by atoms with Crippen LogP contribution in [0, 0.1) is 0 Å². The molecule has 0 bridgehead atoms. The fourth-order valence-electron chi connectivity index (χ4n) is 1.24. The van der Waals surface area contributed by atoms with E-state index >= 15 is 0 Å². The average Bonchev–Trinajstić information content (AvgIpc) is 2.21. The molecule has 1 N–H and O–H groups in total. The predicted molar refractivity (Wildman–Crippen MR) is 81.2 cm³/mol. The minimum atomic E-state index is -2.18. The maximum Gasteiger partial charge on any atom is 0.341 e. The molecule has 3 nitrogen and oxygen atoms in total. The third kappa shape index (κ3) is 3.44. The highest BCUT2D eigenvalue weighted by molar-refractivity contribution is 6.74. The number of carbonyl (C=O) groups is 1. The van der Waals surface area contributed by atoms with E-state index in [0.29, 0.717) is 0 Å². The molecule has 0 aliphatic rings. The summed E-state index contributed by atoms with van der Waals surface area (Å²) in [5, 5.41) is 9.60. The lowest BCUT2D eigenvalue weighted by atomic mass is 10.2. The smallest absolute Gasteiger partial charge is 0.341 e. The Kier molecular flexibility index (Phi) is 4.60. The van der Waals surface area contributed by atoms with Crippen LogP contribution >= 0.6 is 23.2 Å². The van der Waals surface area contributed by atoms with E-state index in [9.17, 15) is 9.90 Å². The van der Waals surface area contributed by atoms with E-state index < -0.39 is 14.3 Å². The van der Waals surface area contributed by atoms with Crippen molar-refractivity contribution < 1.29 is 14.3 Å². The van der Waals surface area contributed by atoms with Gasteiger partial charge in [0.25, 0.3) is 8.32 Å². The molecule has 0 saturated heterocycles. The first kappa shape index (κ1) is 16.3. The van der Waals surface area contributed by atoms with Crippen LogP contribution in [-0.2, 0) is 0 Å². The molecule has 1 rings (SSSR count). The molecule has 19 heavy (non-hydrogen) atoms. The molecule has 0 saturated carbocycles. The van der Waals surface area contributed by atoms with E-state index in [2.05, 4.69) is 20.8 Å². The fourth-order valence-corrected chi connectivity index (χ4v) is 2.76. The standard InChI is InChI=1S/C13H18Cl2O3Si/c1-13(2,3)19(4,5)18-11-9(15)7-6-8(14)10(11)12(16)17/h6-7H,1-5H3,(H,16,17). The molecule has 0 spiro atoms. The van der Waals surface area contributed by atoms with Crippen molar-refractivity contribution >= 4 is 37.5 Å². The van der Waals surface area contributed by atoms with Crippen molar-refractivity contribution in [1.82, 2.24) is 0 Å². The van der Waals surface area contributed by atoms with Crippen LogP contribution in [0.1, 0.15) is 31.1 Å². The highest BCUT2D eigenvalue weighted by Crippen LogP contribution is 2.42. The van der Waals surface area contributed by atoms with E-state index in [-0.39, 0.29) is 26.4 Å². The van der Waals surface area contributed by atoms with E-state index in [1.807, 2.05) is 13.1 Å². The zero-order valence-corrected chi connectivity index (χ0v) is 14.2. The van der Waals surface area contributed by atoms with Gasteiger partial charge in [0.1, 0.15) is 11.3 Å². The van der Waals surface area contributed by atoms with E-state index in [1.165, 1.54) is 6.07 Å². The Morgan fingerprint density at radius 2 is 1.68 bits per heavy atom. The van der Waals surface area contributed by atoms with Crippen LogP contribution < -0.4 is 4.43 Å². The van der Waals surface area contributed by atoms with Gasteiger partial charge in [-0.15, -0.1) is 0 Å². The first-order valence-electron chi connectivity index (χ1n) is 5.87. The van der Waals surface area contributed by atoms with Crippen LogP contribution in [0.4, 0.5) is 0 Å². The number of hydrogen-bond acceptors (Lipinski definition) is 2. The minimum absolute atomic E-state index is 0.0611. The summed E-state index contributed by atoms with van der Waals surface area (Å²) in [6, 6.07) is 3.02. The van der Waals surface area contributed by atoms with Crippen LogP contribution in [-0.4, -0.2) is 19.4 Å². The molecule has 0 radical (unpaired) electrons. The normalized spacial score (nSPS) is 12.4. The summed E-state index contributed by atoms with van der Waals surface area (Å²) in [4.78, 5) is 11.3. The van der Waals surface area contributed by atoms with Crippen molar-refractivity contribution in [2.45, 2.75) is 38.9 Å². The third-order valence-electron chi connectivity index (χ3n) is 3.44. The van der Waals surface area contributed by atoms with Gasteiger partial charge in [0.2, 0.25) is 0 Å². The van der Waals surface area contributed by atoms with Gasteiger partial charge in [0.05, 0.1) is 10.0 Å². The Bertz CT molecular complexity index is 507. The Morgan fingerprint density at radius 1 is 1.21 bits per heavy atom. The van der Waals surface area contributed by atoms with Gasteiger partial charge in [-0.1, -0.05) is 44.0 Å². The Balaban J connectivity index is 3.36. The lowest BCUT2D eigenvalue weighted by molar-refractivity contribution is 0.0695. The van der Waals surface area contributed by atoms with Gasteiger partial charge in [-0.25, -0.2) is 4.79 Å². The number of carboxylic acids is 1. The fraction of sp³-hybridized carbons (Fsp3) is 0.462.